The van der Waals surface area contributed by atoms with E-state index in [-0.39, 0.29) is 0 Å². The van der Waals surface area contributed by atoms with Gasteiger partial charge in [0.2, 0.25) is 5.91 Å². The van der Waals surface area contributed by atoms with Crippen LogP contribution in [0.2, 0.25) is 0 Å². The summed E-state index contributed by atoms with van der Waals surface area (Å²) in [5.41, 5.74) is 0. The molecule has 3 aliphatic heterocycles. The second-order valence-corrected chi connectivity index (χ2v) is 9.11. The molecular formula is C20H35NO16. The summed E-state index contributed by atoms with van der Waals surface area (Å²) in [5, 5.41) is 102. The molecule has 0 aromatic rings. The molecule has 0 spiro atoms. The lowest BCUT2D eigenvalue weighted by Gasteiger charge is -2.47. The summed E-state index contributed by atoms with van der Waals surface area (Å²) in [6.07, 6.45) is -22.7. The molecule has 0 unspecified atom stereocenters. The van der Waals surface area contributed by atoms with Gasteiger partial charge < -0.3 is 80.1 Å². The largest absolute Gasteiger partial charge is 0.394 e. The highest BCUT2D eigenvalue weighted by Crippen LogP contribution is 2.30. The maximum absolute atomic E-state index is 11.8. The molecule has 3 rings (SSSR count). The molecule has 3 fully saturated rings. The number of carbonyl (C=O) groups is 1. The molecule has 17 heteroatoms. The van der Waals surface area contributed by atoms with Crippen LogP contribution in [-0.4, -0.2) is 169 Å². The van der Waals surface area contributed by atoms with Crippen molar-refractivity contribution < 1.29 is 79.5 Å². The van der Waals surface area contributed by atoms with Gasteiger partial charge in [-0.05, 0) is 0 Å². The third kappa shape index (κ3) is 6.55. The van der Waals surface area contributed by atoms with Crippen molar-refractivity contribution in [2.24, 2.45) is 0 Å². The van der Waals surface area contributed by atoms with Crippen LogP contribution in [0.25, 0.3) is 0 Å². The Balaban J connectivity index is 1.74. The van der Waals surface area contributed by atoms with Crippen LogP contribution in [0.15, 0.2) is 0 Å². The Morgan fingerprint density at radius 1 is 0.703 bits per heavy atom. The van der Waals surface area contributed by atoms with Crippen molar-refractivity contribution >= 4 is 5.91 Å². The topological polar surface area (TPSA) is 278 Å². The first-order valence-electron chi connectivity index (χ1n) is 11.6. The van der Waals surface area contributed by atoms with Gasteiger partial charge in [-0.25, -0.2) is 0 Å². The zero-order valence-corrected chi connectivity index (χ0v) is 19.7. The number of hydrogen-bond acceptors (Lipinski definition) is 16. The van der Waals surface area contributed by atoms with Crippen molar-refractivity contribution in [2.45, 2.75) is 99.0 Å². The molecule has 0 aromatic carbocycles. The molecule has 0 saturated carbocycles. The molecule has 1 amide bonds. The third-order valence-corrected chi connectivity index (χ3v) is 6.47. The number of carbonyl (C=O) groups excluding carboxylic acids is 1. The summed E-state index contributed by atoms with van der Waals surface area (Å²) in [4.78, 5) is 11.8. The van der Waals surface area contributed by atoms with E-state index in [2.05, 4.69) is 5.32 Å². The fraction of sp³-hybridized carbons (Fsp3) is 0.950. The standard InChI is InChI=1S/C20H35NO16/c1-5(24)21-9-12(27)17(37-20-16(31)14(29)10(25)6(2-22)35-20)7(3-23)36-19(9)33-4-8-11(26)13(28)15(30)18(32)34-8/h6-20,22-23,25-32H,2-4H2,1H3,(H,21,24)/t6-,7-,8-,9-,10+,11+,12-,13+,14+,15-,16-,17+,18-,19-,20+/m1/s1. The monoisotopic (exact) mass is 545 g/mol. The van der Waals surface area contributed by atoms with Gasteiger partial charge in [-0.2, -0.15) is 0 Å². The van der Waals surface area contributed by atoms with Crippen LogP contribution in [0, 0.1) is 0 Å². The van der Waals surface area contributed by atoms with Gasteiger partial charge in [-0.3, -0.25) is 4.79 Å². The fourth-order valence-corrected chi connectivity index (χ4v) is 4.36. The molecule has 3 aliphatic rings. The molecule has 0 radical (unpaired) electrons. The van der Waals surface area contributed by atoms with Crippen LogP contribution in [0.4, 0.5) is 0 Å². The molecule has 17 nitrogen and oxygen atoms in total. The van der Waals surface area contributed by atoms with Crippen molar-refractivity contribution in [1.82, 2.24) is 5.32 Å². The highest BCUT2D eigenvalue weighted by molar-refractivity contribution is 5.73. The van der Waals surface area contributed by atoms with E-state index in [1.54, 1.807) is 0 Å². The van der Waals surface area contributed by atoms with Crippen LogP contribution >= 0.6 is 0 Å². The lowest BCUT2D eigenvalue weighted by Crippen LogP contribution is -2.68. The van der Waals surface area contributed by atoms with Crippen molar-refractivity contribution in [2.75, 3.05) is 19.8 Å². The Morgan fingerprint density at radius 2 is 1.27 bits per heavy atom. The van der Waals surface area contributed by atoms with Crippen LogP contribution < -0.4 is 5.32 Å². The maximum atomic E-state index is 11.8. The minimum absolute atomic E-state index is 0.564. The number of rotatable bonds is 8. The SMILES string of the molecule is CC(=O)N[C@H]1[C@H](OC[C@H]2O[C@@H](O)[C@H](O)[C@@H](O)[C@H]2O)O[C@H](CO)[C@H](O[C@@H]2O[C@H](CO)[C@H](O)[C@H](O)[C@H]2O)[C@@H]1O. The van der Waals surface area contributed by atoms with Gasteiger partial charge in [0.15, 0.2) is 18.9 Å². The van der Waals surface area contributed by atoms with E-state index >= 15 is 0 Å². The highest BCUT2D eigenvalue weighted by Gasteiger charge is 2.52. The van der Waals surface area contributed by atoms with Crippen LogP contribution in [0.1, 0.15) is 6.92 Å². The zero-order valence-electron chi connectivity index (χ0n) is 19.7. The molecule has 0 bridgehead atoms. The van der Waals surface area contributed by atoms with Gasteiger partial charge in [0.05, 0.1) is 19.8 Å². The first kappa shape index (κ1) is 30.4. The Kier molecular flexibility index (Phi) is 10.5. The Morgan fingerprint density at radius 3 is 1.86 bits per heavy atom. The predicted octanol–water partition coefficient (Wildman–Crippen LogP) is -7.43. The van der Waals surface area contributed by atoms with Gasteiger partial charge in [0.1, 0.15) is 73.2 Å². The molecule has 37 heavy (non-hydrogen) atoms. The molecule has 216 valence electrons. The maximum Gasteiger partial charge on any atom is 0.217 e. The lowest BCUT2D eigenvalue weighted by molar-refractivity contribution is -0.352. The third-order valence-electron chi connectivity index (χ3n) is 6.47. The van der Waals surface area contributed by atoms with E-state index < -0.39 is 118 Å². The zero-order chi connectivity index (χ0) is 27.6. The Bertz CT molecular complexity index is 745. The molecule has 0 aliphatic carbocycles. The van der Waals surface area contributed by atoms with Crippen LogP contribution in [-0.2, 0) is 28.5 Å². The van der Waals surface area contributed by atoms with Crippen molar-refractivity contribution in [3.63, 3.8) is 0 Å². The van der Waals surface area contributed by atoms with Crippen molar-refractivity contribution in [3.8, 4) is 0 Å². The average molecular weight is 545 g/mol. The number of amides is 1. The molecule has 0 aromatic heterocycles. The number of aliphatic hydroxyl groups excluding tert-OH is 10. The highest BCUT2D eigenvalue weighted by atomic mass is 16.7. The number of aliphatic hydroxyl groups is 10. The average Bonchev–Trinajstić information content (AvgIpc) is 2.86. The molecular weight excluding hydrogens is 510 g/mol. The second-order valence-electron chi connectivity index (χ2n) is 9.11. The van der Waals surface area contributed by atoms with Gasteiger partial charge in [0.25, 0.3) is 0 Å². The van der Waals surface area contributed by atoms with Crippen LogP contribution in [0.3, 0.4) is 0 Å². The summed E-state index contributed by atoms with van der Waals surface area (Å²) in [6, 6.07) is -1.38. The first-order chi connectivity index (χ1) is 17.4. The van der Waals surface area contributed by atoms with E-state index in [9.17, 15) is 55.9 Å². The summed E-state index contributed by atoms with van der Waals surface area (Å²) in [6.45, 7) is -0.959. The van der Waals surface area contributed by atoms with E-state index in [0.717, 1.165) is 6.92 Å². The van der Waals surface area contributed by atoms with E-state index in [1.165, 1.54) is 0 Å². The first-order valence-corrected chi connectivity index (χ1v) is 11.6. The molecule has 11 N–H and O–H groups in total. The van der Waals surface area contributed by atoms with Gasteiger partial charge in [0, 0.05) is 6.92 Å². The van der Waals surface area contributed by atoms with E-state index in [1.807, 2.05) is 0 Å². The van der Waals surface area contributed by atoms with Crippen molar-refractivity contribution in [3.05, 3.63) is 0 Å². The number of ether oxygens (including phenoxy) is 5. The predicted molar refractivity (Wildman–Crippen MR) is 113 cm³/mol. The minimum atomic E-state index is -1.84. The smallest absolute Gasteiger partial charge is 0.217 e. The van der Waals surface area contributed by atoms with E-state index in [4.69, 9.17) is 23.7 Å². The summed E-state index contributed by atoms with van der Waals surface area (Å²) < 4.78 is 27.0. The fourth-order valence-electron chi connectivity index (χ4n) is 4.36. The quantitative estimate of drug-likeness (QED) is 0.135. The van der Waals surface area contributed by atoms with Gasteiger partial charge >= 0.3 is 0 Å². The number of hydrogen-bond donors (Lipinski definition) is 11. The summed E-state index contributed by atoms with van der Waals surface area (Å²) >= 11 is 0. The normalized spacial score (nSPS) is 49.0. The van der Waals surface area contributed by atoms with Gasteiger partial charge in [-0.1, -0.05) is 0 Å². The van der Waals surface area contributed by atoms with E-state index in [0.29, 0.717) is 0 Å². The van der Waals surface area contributed by atoms with Crippen LogP contribution in [0.5, 0.6) is 0 Å². The minimum Gasteiger partial charge on any atom is -0.394 e. The van der Waals surface area contributed by atoms with Crippen molar-refractivity contribution in [1.29, 1.82) is 0 Å². The molecule has 3 saturated heterocycles. The molecule has 3 heterocycles. The summed E-state index contributed by atoms with van der Waals surface area (Å²) in [7, 11) is 0. The summed E-state index contributed by atoms with van der Waals surface area (Å²) in [5.74, 6) is -0.641. The Labute approximate surface area is 210 Å². The second kappa shape index (κ2) is 12.8. The number of nitrogens with one attached hydrogen (secondary N) is 1. The molecule has 15 atom stereocenters. The van der Waals surface area contributed by atoms with Gasteiger partial charge in [-0.15, -0.1) is 0 Å². The lowest BCUT2D eigenvalue weighted by atomic mass is 9.95. The Hall–Kier alpha value is -1.13.